The molecule has 26 heavy (non-hydrogen) atoms. The standard InChI is InChI=1S/C20H21N3O3/c1-4-23(11-14(2)3)20(24)16-12-26-18(22-16)13-25-17-9-5-7-15-8-6-10-21-19(15)17/h5-10,12H,2,4,11,13H2,1,3H3. The molecular weight excluding hydrogens is 330 g/mol. The number of oxazole rings is 1. The van der Waals surface area contributed by atoms with Gasteiger partial charge < -0.3 is 14.1 Å². The molecule has 134 valence electrons. The molecular formula is C20H21N3O3. The van der Waals surface area contributed by atoms with Crippen LogP contribution in [0.2, 0.25) is 0 Å². The third kappa shape index (κ3) is 3.91. The molecule has 6 heteroatoms. The topological polar surface area (TPSA) is 68.5 Å². The van der Waals surface area contributed by atoms with Crippen LogP contribution >= 0.6 is 0 Å². The SMILES string of the molecule is C=C(C)CN(CC)C(=O)c1coc(COc2cccc3cccnc23)n1. The maximum atomic E-state index is 12.5. The van der Waals surface area contributed by atoms with Crippen LogP contribution in [0, 0.1) is 0 Å². The summed E-state index contributed by atoms with van der Waals surface area (Å²) < 4.78 is 11.2. The van der Waals surface area contributed by atoms with Crippen molar-refractivity contribution in [1.82, 2.24) is 14.9 Å². The zero-order valence-electron chi connectivity index (χ0n) is 14.9. The summed E-state index contributed by atoms with van der Waals surface area (Å²) >= 11 is 0. The van der Waals surface area contributed by atoms with E-state index < -0.39 is 0 Å². The summed E-state index contributed by atoms with van der Waals surface area (Å²) in [6.45, 7) is 8.84. The fourth-order valence-electron chi connectivity index (χ4n) is 2.62. The monoisotopic (exact) mass is 351 g/mol. The van der Waals surface area contributed by atoms with Crippen molar-refractivity contribution < 1.29 is 13.9 Å². The normalized spacial score (nSPS) is 10.7. The van der Waals surface area contributed by atoms with Gasteiger partial charge in [-0.3, -0.25) is 9.78 Å². The predicted molar refractivity (Wildman–Crippen MR) is 99.0 cm³/mol. The van der Waals surface area contributed by atoms with Gasteiger partial charge in [0, 0.05) is 24.7 Å². The summed E-state index contributed by atoms with van der Waals surface area (Å²) in [5, 5.41) is 0.992. The van der Waals surface area contributed by atoms with E-state index in [4.69, 9.17) is 9.15 Å². The average molecular weight is 351 g/mol. The molecule has 0 aliphatic rings. The lowest BCUT2D eigenvalue weighted by atomic mass is 10.2. The third-order valence-electron chi connectivity index (χ3n) is 3.85. The first kappa shape index (κ1) is 17.7. The zero-order chi connectivity index (χ0) is 18.5. The summed E-state index contributed by atoms with van der Waals surface area (Å²) in [6, 6.07) is 9.56. The fraction of sp³-hybridized carbons (Fsp3) is 0.250. The Labute approximate surface area is 152 Å². The highest BCUT2D eigenvalue weighted by Crippen LogP contribution is 2.23. The summed E-state index contributed by atoms with van der Waals surface area (Å²) in [7, 11) is 0. The van der Waals surface area contributed by atoms with Gasteiger partial charge in [-0.15, -0.1) is 0 Å². The van der Waals surface area contributed by atoms with Gasteiger partial charge in [-0.05, 0) is 26.0 Å². The molecule has 0 saturated heterocycles. The fourth-order valence-corrected chi connectivity index (χ4v) is 2.62. The highest BCUT2D eigenvalue weighted by atomic mass is 16.5. The van der Waals surface area contributed by atoms with Gasteiger partial charge in [0.15, 0.2) is 12.3 Å². The van der Waals surface area contributed by atoms with Gasteiger partial charge in [0.1, 0.15) is 17.5 Å². The molecule has 6 nitrogen and oxygen atoms in total. The maximum Gasteiger partial charge on any atom is 0.276 e. The number of carbonyl (C=O) groups is 1. The van der Waals surface area contributed by atoms with Gasteiger partial charge in [0.05, 0.1) is 0 Å². The summed E-state index contributed by atoms with van der Waals surface area (Å²) in [5.41, 5.74) is 1.95. The molecule has 0 radical (unpaired) electrons. The molecule has 0 bridgehead atoms. The molecule has 0 saturated carbocycles. The molecule has 1 aromatic carbocycles. The van der Waals surface area contributed by atoms with E-state index in [0.717, 1.165) is 16.5 Å². The quantitative estimate of drug-likeness (QED) is 0.605. The van der Waals surface area contributed by atoms with Gasteiger partial charge in [-0.1, -0.05) is 30.4 Å². The van der Waals surface area contributed by atoms with Crippen LogP contribution in [-0.2, 0) is 6.61 Å². The number of carbonyl (C=O) groups excluding carboxylic acids is 1. The number of amides is 1. The van der Waals surface area contributed by atoms with Gasteiger partial charge >= 0.3 is 0 Å². The first-order chi connectivity index (χ1) is 12.6. The molecule has 1 amide bonds. The number of hydrogen-bond acceptors (Lipinski definition) is 5. The molecule has 3 rings (SSSR count). The number of aromatic nitrogens is 2. The van der Waals surface area contributed by atoms with E-state index in [1.54, 1.807) is 11.1 Å². The van der Waals surface area contributed by atoms with Gasteiger partial charge in [0.25, 0.3) is 5.91 Å². The Balaban J connectivity index is 1.70. The minimum atomic E-state index is -0.183. The van der Waals surface area contributed by atoms with Crippen molar-refractivity contribution in [1.29, 1.82) is 0 Å². The Hall–Kier alpha value is -3.15. The highest BCUT2D eigenvalue weighted by Gasteiger charge is 2.18. The van der Waals surface area contributed by atoms with Crippen molar-refractivity contribution >= 4 is 16.8 Å². The van der Waals surface area contributed by atoms with Crippen molar-refractivity contribution in [3.63, 3.8) is 0 Å². The molecule has 0 aliphatic heterocycles. The van der Waals surface area contributed by atoms with Gasteiger partial charge in [0.2, 0.25) is 5.89 Å². The number of pyridine rings is 1. The predicted octanol–water partition coefficient (Wildman–Crippen LogP) is 3.84. The van der Waals surface area contributed by atoms with Crippen LogP contribution in [0.5, 0.6) is 5.75 Å². The number of ether oxygens (including phenoxy) is 1. The number of nitrogens with zero attached hydrogens (tertiary/aromatic N) is 3. The smallest absolute Gasteiger partial charge is 0.276 e. The zero-order valence-corrected chi connectivity index (χ0v) is 14.9. The van der Waals surface area contributed by atoms with E-state index in [1.807, 2.05) is 44.2 Å². The second-order valence-electron chi connectivity index (χ2n) is 6.02. The molecule has 0 atom stereocenters. The maximum absolute atomic E-state index is 12.5. The van der Waals surface area contributed by atoms with Crippen LogP contribution in [0.4, 0.5) is 0 Å². The summed E-state index contributed by atoms with van der Waals surface area (Å²) in [5.74, 6) is 0.802. The minimum Gasteiger partial charge on any atom is -0.482 e. The van der Waals surface area contributed by atoms with E-state index in [0.29, 0.717) is 24.7 Å². The number of para-hydroxylation sites is 1. The van der Waals surface area contributed by atoms with Gasteiger partial charge in [-0.25, -0.2) is 4.98 Å². The van der Waals surface area contributed by atoms with E-state index in [2.05, 4.69) is 16.5 Å². The van der Waals surface area contributed by atoms with Crippen LogP contribution in [0.3, 0.4) is 0 Å². The molecule has 3 aromatic rings. The van der Waals surface area contributed by atoms with Crippen molar-refractivity contribution in [2.24, 2.45) is 0 Å². The van der Waals surface area contributed by atoms with Crippen molar-refractivity contribution in [2.45, 2.75) is 20.5 Å². The summed E-state index contributed by atoms with van der Waals surface area (Å²) in [6.07, 6.45) is 3.08. The average Bonchev–Trinajstić information content (AvgIpc) is 3.12. The van der Waals surface area contributed by atoms with E-state index >= 15 is 0 Å². The van der Waals surface area contributed by atoms with E-state index in [1.165, 1.54) is 6.26 Å². The highest BCUT2D eigenvalue weighted by molar-refractivity contribution is 5.92. The molecule has 0 aliphatic carbocycles. The Kier molecular flexibility index (Phi) is 5.31. The number of hydrogen-bond donors (Lipinski definition) is 0. The minimum absolute atomic E-state index is 0.121. The Bertz CT molecular complexity index is 927. The van der Waals surface area contributed by atoms with Crippen molar-refractivity contribution in [3.8, 4) is 5.75 Å². The molecule has 2 aromatic heterocycles. The first-order valence-corrected chi connectivity index (χ1v) is 8.43. The number of rotatable bonds is 7. The van der Waals surface area contributed by atoms with Crippen LogP contribution in [0.1, 0.15) is 30.2 Å². The van der Waals surface area contributed by atoms with Crippen LogP contribution in [0.25, 0.3) is 10.9 Å². The molecule has 0 spiro atoms. The molecule has 0 unspecified atom stereocenters. The second kappa shape index (κ2) is 7.82. The Morgan fingerprint density at radius 3 is 2.88 bits per heavy atom. The third-order valence-corrected chi connectivity index (χ3v) is 3.85. The second-order valence-corrected chi connectivity index (χ2v) is 6.02. The van der Waals surface area contributed by atoms with Gasteiger partial charge in [-0.2, -0.15) is 0 Å². The van der Waals surface area contributed by atoms with Crippen molar-refractivity contribution in [2.75, 3.05) is 13.1 Å². The lowest BCUT2D eigenvalue weighted by molar-refractivity contribution is 0.0772. The summed E-state index contributed by atoms with van der Waals surface area (Å²) in [4.78, 5) is 22.7. The number of fused-ring (bicyclic) bond motifs is 1. The molecule has 2 heterocycles. The van der Waals surface area contributed by atoms with Crippen LogP contribution in [-0.4, -0.2) is 33.9 Å². The van der Waals surface area contributed by atoms with Crippen LogP contribution < -0.4 is 4.74 Å². The lowest BCUT2D eigenvalue weighted by Gasteiger charge is -2.19. The Morgan fingerprint density at radius 1 is 1.31 bits per heavy atom. The molecule has 0 N–H and O–H groups in total. The van der Waals surface area contributed by atoms with E-state index in [-0.39, 0.29) is 18.2 Å². The first-order valence-electron chi connectivity index (χ1n) is 8.43. The molecule has 0 fully saturated rings. The number of benzene rings is 1. The van der Waals surface area contributed by atoms with Crippen molar-refractivity contribution in [3.05, 3.63) is 66.5 Å². The Morgan fingerprint density at radius 2 is 2.12 bits per heavy atom. The number of likely N-dealkylation sites (N-methyl/N-ethyl adjacent to an activating group) is 1. The van der Waals surface area contributed by atoms with Crippen LogP contribution in [0.15, 0.2) is 59.4 Å². The largest absolute Gasteiger partial charge is 0.482 e. The van der Waals surface area contributed by atoms with E-state index in [9.17, 15) is 4.79 Å². The lowest BCUT2D eigenvalue weighted by Crippen LogP contribution is -2.32.